The fraction of sp³-hybridized carbons (Fsp3) is 0.889. The zero-order chi connectivity index (χ0) is 9.42. The largest absolute Gasteiger partial charge is 0.343 e. The molecule has 0 aromatic carbocycles. The molecule has 1 aliphatic carbocycles. The van der Waals surface area contributed by atoms with Gasteiger partial charge in [0.15, 0.2) is 0 Å². The fourth-order valence-corrected chi connectivity index (χ4v) is 2.01. The first-order valence-corrected chi connectivity index (χ1v) is 4.95. The number of carbonyl (C=O) groups excluding carboxylic acids is 1. The van der Waals surface area contributed by atoms with Crippen molar-refractivity contribution in [1.82, 2.24) is 9.80 Å². The highest BCUT2D eigenvalue weighted by Gasteiger charge is 2.40. The van der Waals surface area contributed by atoms with Crippen LogP contribution in [-0.4, -0.2) is 54.5 Å². The third-order valence-corrected chi connectivity index (χ3v) is 2.99. The SMILES string of the molecule is CN1CCN(C2CC2)C(CN)C1=O. The molecule has 2 N–H and O–H groups in total. The van der Waals surface area contributed by atoms with Gasteiger partial charge in [-0.1, -0.05) is 0 Å². The zero-order valence-electron chi connectivity index (χ0n) is 8.07. The lowest BCUT2D eigenvalue weighted by Crippen LogP contribution is -2.59. The molecule has 0 aromatic rings. The Bertz CT molecular complexity index is 215. The Hall–Kier alpha value is -0.610. The number of piperazine rings is 1. The minimum atomic E-state index is -0.0498. The molecule has 2 rings (SSSR count). The van der Waals surface area contributed by atoms with Crippen LogP contribution >= 0.6 is 0 Å². The lowest BCUT2D eigenvalue weighted by molar-refractivity contribution is -0.140. The van der Waals surface area contributed by atoms with Crippen LogP contribution in [0.4, 0.5) is 0 Å². The highest BCUT2D eigenvalue weighted by Crippen LogP contribution is 2.29. The molecule has 0 bridgehead atoms. The first-order valence-electron chi connectivity index (χ1n) is 4.95. The van der Waals surface area contributed by atoms with E-state index in [0.29, 0.717) is 12.6 Å². The van der Waals surface area contributed by atoms with E-state index in [4.69, 9.17) is 5.73 Å². The lowest BCUT2D eigenvalue weighted by Gasteiger charge is -2.38. The van der Waals surface area contributed by atoms with E-state index in [0.717, 1.165) is 13.1 Å². The molecule has 0 radical (unpaired) electrons. The molecule has 1 saturated heterocycles. The summed E-state index contributed by atoms with van der Waals surface area (Å²) in [5.74, 6) is 0.195. The predicted octanol–water partition coefficient (Wildman–Crippen LogP) is -0.750. The van der Waals surface area contributed by atoms with Gasteiger partial charge in [0.2, 0.25) is 5.91 Å². The van der Waals surface area contributed by atoms with E-state index in [1.165, 1.54) is 12.8 Å². The van der Waals surface area contributed by atoms with Crippen LogP contribution in [0.2, 0.25) is 0 Å². The summed E-state index contributed by atoms with van der Waals surface area (Å²) in [5.41, 5.74) is 5.62. The van der Waals surface area contributed by atoms with Gasteiger partial charge in [0, 0.05) is 32.7 Å². The Kier molecular flexibility index (Phi) is 2.26. The predicted molar refractivity (Wildman–Crippen MR) is 50.2 cm³/mol. The molecule has 4 heteroatoms. The van der Waals surface area contributed by atoms with Gasteiger partial charge in [0.1, 0.15) is 6.04 Å². The Morgan fingerprint density at radius 2 is 2.15 bits per heavy atom. The van der Waals surface area contributed by atoms with Gasteiger partial charge < -0.3 is 10.6 Å². The Labute approximate surface area is 78.7 Å². The number of amides is 1. The van der Waals surface area contributed by atoms with Crippen LogP contribution < -0.4 is 5.73 Å². The number of nitrogens with two attached hydrogens (primary N) is 1. The third kappa shape index (κ3) is 1.56. The van der Waals surface area contributed by atoms with E-state index >= 15 is 0 Å². The maximum Gasteiger partial charge on any atom is 0.241 e. The maximum atomic E-state index is 11.7. The topological polar surface area (TPSA) is 49.6 Å². The maximum absolute atomic E-state index is 11.7. The van der Waals surface area contributed by atoms with Crippen molar-refractivity contribution < 1.29 is 4.79 Å². The van der Waals surface area contributed by atoms with Gasteiger partial charge >= 0.3 is 0 Å². The molecule has 1 saturated carbocycles. The first kappa shape index (κ1) is 8.97. The first-order chi connectivity index (χ1) is 6.24. The molecule has 2 aliphatic rings. The van der Waals surface area contributed by atoms with Gasteiger partial charge in [-0.15, -0.1) is 0 Å². The summed E-state index contributed by atoms with van der Waals surface area (Å²) in [7, 11) is 1.86. The minimum absolute atomic E-state index is 0.0498. The fourth-order valence-electron chi connectivity index (χ4n) is 2.01. The van der Waals surface area contributed by atoms with Crippen molar-refractivity contribution in [1.29, 1.82) is 0 Å². The summed E-state index contributed by atoms with van der Waals surface area (Å²) in [6, 6.07) is 0.595. The molecule has 4 nitrogen and oxygen atoms in total. The van der Waals surface area contributed by atoms with Crippen molar-refractivity contribution in [3.05, 3.63) is 0 Å². The van der Waals surface area contributed by atoms with Crippen LogP contribution in [0.1, 0.15) is 12.8 Å². The van der Waals surface area contributed by atoms with Gasteiger partial charge in [-0.2, -0.15) is 0 Å². The quantitative estimate of drug-likeness (QED) is 0.613. The summed E-state index contributed by atoms with van der Waals surface area (Å²) in [5, 5.41) is 0. The van der Waals surface area contributed by atoms with Crippen molar-refractivity contribution in [2.24, 2.45) is 5.73 Å². The second kappa shape index (κ2) is 3.27. The van der Waals surface area contributed by atoms with Gasteiger partial charge in [-0.3, -0.25) is 9.69 Å². The molecular weight excluding hydrogens is 166 g/mol. The molecule has 1 atom stereocenters. The van der Waals surface area contributed by atoms with Gasteiger partial charge in [0.05, 0.1) is 0 Å². The van der Waals surface area contributed by atoms with Crippen LogP contribution in [0, 0.1) is 0 Å². The summed E-state index contributed by atoms with van der Waals surface area (Å²) in [6.07, 6.45) is 2.49. The van der Waals surface area contributed by atoms with Crippen molar-refractivity contribution in [3.8, 4) is 0 Å². The summed E-state index contributed by atoms with van der Waals surface area (Å²) < 4.78 is 0. The minimum Gasteiger partial charge on any atom is -0.343 e. The highest BCUT2D eigenvalue weighted by atomic mass is 16.2. The number of carbonyl (C=O) groups is 1. The smallest absolute Gasteiger partial charge is 0.241 e. The second-order valence-corrected chi connectivity index (χ2v) is 3.98. The average Bonchev–Trinajstić information content (AvgIpc) is 2.92. The molecule has 1 amide bonds. The zero-order valence-corrected chi connectivity index (χ0v) is 8.07. The van der Waals surface area contributed by atoms with Crippen molar-refractivity contribution in [2.45, 2.75) is 24.9 Å². The second-order valence-electron chi connectivity index (χ2n) is 3.98. The van der Waals surface area contributed by atoms with E-state index in [2.05, 4.69) is 4.90 Å². The molecular formula is C9H17N3O. The molecule has 1 aliphatic heterocycles. The van der Waals surface area contributed by atoms with Crippen LogP contribution in [0.5, 0.6) is 0 Å². The number of likely N-dealkylation sites (N-methyl/N-ethyl adjacent to an activating group) is 1. The average molecular weight is 183 g/mol. The molecule has 74 valence electrons. The van der Waals surface area contributed by atoms with E-state index in [-0.39, 0.29) is 11.9 Å². The lowest BCUT2D eigenvalue weighted by atomic mass is 10.1. The van der Waals surface area contributed by atoms with Gasteiger partial charge in [-0.05, 0) is 12.8 Å². The Morgan fingerprint density at radius 3 is 2.69 bits per heavy atom. The number of hydrogen-bond acceptors (Lipinski definition) is 3. The monoisotopic (exact) mass is 183 g/mol. The molecule has 2 fully saturated rings. The van der Waals surface area contributed by atoms with E-state index in [1.54, 1.807) is 4.90 Å². The van der Waals surface area contributed by atoms with Crippen LogP contribution in [0.3, 0.4) is 0 Å². The van der Waals surface area contributed by atoms with Crippen molar-refractivity contribution in [2.75, 3.05) is 26.7 Å². The molecule has 1 unspecified atom stereocenters. The van der Waals surface area contributed by atoms with Crippen molar-refractivity contribution >= 4 is 5.91 Å². The number of nitrogens with zero attached hydrogens (tertiary/aromatic N) is 2. The molecule has 0 aromatic heterocycles. The van der Waals surface area contributed by atoms with E-state index < -0.39 is 0 Å². The standard InChI is InChI=1S/C9H17N3O/c1-11-4-5-12(7-2-3-7)8(6-10)9(11)13/h7-8H,2-6,10H2,1H3. The normalized spacial score (nSPS) is 31.1. The summed E-state index contributed by atoms with van der Waals surface area (Å²) in [6.45, 7) is 2.31. The number of hydrogen-bond donors (Lipinski definition) is 1. The Balaban J connectivity index is 2.06. The third-order valence-electron chi connectivity index (χ3n) is 2.99. The molecule has 13 heavy (non-hydrogen) atoms. The van der Waals surface area contributed by atoms with E-state index in [1.807, 2.05) is 7.05 Å². The molecule has 1 heterocycles. The van der Waals surface area contributed by atoms with Crippen LogP contribution in [0.25, 0.3) is 0 Å². The van der Waals surface area contributed by atoms with Gasteiger partial charge in [0.25, 0.3) is 0 Å². The highest BCUT2D eigenvalue weighted by molar-refractivity contribution is 5.82. The summed E-state index contributed by atoms with van der Waals surface area (Å²) >= 11 is 0. The van der Waals surface area contributed by atoms with Gasteiger partial charge in [-0.25, -0.2) is 0 Å². The Morgan fingerprint density at radius 1 is 1.46 bits per heavy atom. The van der Waals surface area contributed by atoms with Crippen LogP contribution in [-0.2, 0) is 4.79 Å². The molecule has 0 spiro atoms. The van der Waals surface area contributed by atoms with Crippen LogP contribution in [0.15, 0.2) is 0 Å². The van der Waals surface area contributed by atoms with E-state index in [9.17, 15) is 4.79 Å². The summed E-state index contributed by atoms with van der Waals surface area (Å²) in [4.78, 5) is 15.8. The van der Waals surface area contributed by atoms with Crippen molar-refractivity contribution in [3.63, 3.8) is 0 Å². The number of rotatable bonds is 2.